The Morgan fingerprint density at radius 3 is 2.75 bits per heavy atom. The summed E-state index contributed by atoms with van der Waals surface area (Å²) in [6, 6.07) is 8.81. The summed E-state index contributed by atoms with van der Waals surface area (Å²) in [5.74, 6) is 0. The van der Waals surface area contributed by atoms with Gasteiger partial charge in [0.05, 0.1) is 5.69 Å². The summed E-state index contributed by atoms with van der Waals surface area (Å²) in [6.07, 6.45) is 2.63. The molecule has 0 saturated heterocycles. The van der Waals surface area contributed by atoms with E-state index in [0.29, 0.717) is 19.5 Å². The smallest absolute Gasteiger partial charge is 0.0965 e. The van der Waals surface area contributed by atoms with Crippen molar-refractivity contribution in [2.75, 3.05) is 6.61 Å². The third kappa shape index (κ3) is 4.15. The molecule has 0 unspecified atom stereocenters. The second-order valence-electron chi connectivity index (χ2n) is 5.06. The minimum absolute atomic E-state index is 0.178. The molecule has 2 aromatic rings. The van der Waals surface area contributed by atoms with Gasteiger partial charge in [-0.1, -0.05) is 35.0 Å². The first kappa shape index (κ1) is 14.7. The standard InChI is InChI=1S/C15H22N4O/c1-12-4-6-14(7-5-12)13(2)16-10-15-11-19(18-17-15)8-3-9-20/h4-7,11,13,16,20H,3,8-10H2,1-2H3/t13-/m0/s1. The first-order valence-corrected chi connectivity index (χ1v) is 6.99. The molecular weight excluding hydrogens is 252 g/mol. The van der Waals surface area contributed by atoms with Crippen molar-refractivity contribution in [2.24, 2.45) is 0 Å². The second-order valence-corrected chi connectivity index (χ2v) is 5.06. The number of aromatic nitrogens is 3. The molecule has 0 saturated carbocycles. The van der Waals surface area contributed by atoms with Crippen LogP contribution < -0.4 is 5.32 Å². The van der Waals surface area contributed by atoms with Crippen LogP contribution in [0.4, 0.5) is 0 Å². The van der Waals surface area contributed by atoms with Gasteiger partial charge in [-0.15, -0.1) is 5.10 Å². The van der Waals surface area contributed by atoms with Crippen LogP contribution in [0.3, 0.4) is 0 Å². The van der Waals surface area contributed by atoms with E-state index in [-0.39, 0.29) is 12.6 Å². The van der Waals surface area contributed by atoms with Gasteiger partial charge < -0.3 is 10.4 Å². The Balaban J connectivity index is 1.85. The molecule has 0 amide bonds. The van der Waals surface area contributed by atoms with E-state index in [1.807, 2.05) is 6.20 Å². The highest BCUT2D eigenvalue weighted by Crippen LogP contribution is 2.13. The molecule has 108 valence electrons. The number of aliphatic hydroxyl groups excluding tert-OH is 1. The van der Waals surface area contributed by atoms with E-state index in [2.05, 4.69) is 53.7 Å². The van der Waals surface area contributed by atoms with Crippen molar-refractivity contribution >= 4 is 0 Å². The first-order chi connectivity index (χ1) is 9.69. The fourth-order valence-corrected chi connectivity index (χ4v) is 1.99. The Hall–Kier alpha value is -1.72. The highest BCUT2D eigenvalue weighted by Gasteiger charge is 2.06. The molecular formula is C15H22N4O. The van der Waals surface area contributed by atoms with Gasteiger partial charge in [0.15, 0.2) is 0 Å². The molecule has 5 heteroatoms. The number of aryl methyl sites for hydroxylation is 2. The minimum atomic E-state index is 0.178. The molecule has 1 aromatic carbocycles. The number of rotatable bonds is 7. The lowest BCUT2D eigenvalue weighted by atomic mass is 10.1. The zero-order valence-electron chi connectivity index (χ0n) is 12.1. The van der Waals surface area contributed by atoms with Gasteiger partial charge in [0.1, 0.15) is 0 Å². The van der Waals surface area contributed by atoms with Gasteiger partial charge >= 0.3 is 0 Å². The number of nitrogens with one attached hydrogen (secondary N) is 1. The minimum Gasteiger partial charge on any atom is -0.396 e. The van der Waals surface area contributed by atoms with E-state index in [9.17, 15) is 0 Å². The van der Waals surface area contributed by atoms with Gasteiger partial charge in [0, 0.05) is 31.9 Å². The molecule has 0 spiro atoms. The van der Waals surface area contributed by atoms with Crippen LogP contribution in [-0.2, 0) is 13.1 Å². The van der Waals surface area contributed by atoms with Gasteiger partial charge in [-0.3, -0.25) is 4.68 Å². The molecule has 0 bridgehead atoms. The summed E-state index contributed by atoms with van der Waals surface area (Å²) < 4.78 is 1.77. The molecule has 20 heavy (non-hydrogen) atoms. The Kier molecular flexibility index (Phi) is 5.26. The first-order valence-electron chi connectivity index (χ1n) is 6.99. The zero-order valence-corrected chi connectivity index (χ0v) is 12.1. The zero-order chi connectivity index (χ0) is 14.4. The molecule has 5 nitrogen and oxygen atoms in total. The average Bonchev–Trinajstić information content (AvgIpc) is 2.91. The predicted octanol–water partition coefficient (Wildman–Crippen LogP) is 1.82. The van der Waals surface area contributed by atoms with Gasteiger partial charge in [0.25, 0.3) is 0 Å². The number of benzene rings is 1. The number of aliphatic hydroxyl groups is 1. The molecule has 0 aliphatic carbocycles. The van der Waals surface area contributed by atoms with Crippen LogP contribution >= 0.6 is 0 Å². The van der Waals surface area contributed by atoms with E-state index >= 15 is 0 Å². The Morgan fingerprint density at radius 2 is 2.05 bits per heavy atom. The summed E-state index contributed by atoms with van der Waals surface area (Å²) in [5, 5.41) is 20.4. The molecule has 0 radical (unpaired) electrons. The maximum Gasteiger partial charge on any atom is 0.0965 e. The maximum absolute atomic E-state index is 8.78. The maximum atomic E-state index is 8.78. The van der Waals surface area contributed by atoms with Crippen molar-refractivity contribution in [3.05, 3.63) is 47.3 Å². The van der Waals surface area contributed by atoms with Gasteiger partial charge in [-0.25, -0.2) is 0 Å². The van der Waals surface area contributed by atoms with Crippen LogP contribution in [0.15, 0.2) is 30.5 Å². The summed E-state index contributed by atoms with van der Waals surface area (Å²) in [4.78, 5) is 0. The van der Waals surface area contributed by atoms with Crippen molar-refractivity contribution in [3.63, 3.8) is 0 Å². The van der Waals surface area contributed by atoms with E-state index in [1.165, 1.54) is 11.1 Å². The second kappa shape index (κ2) is 7.17. The molecule has 1 atom stereocenters. The molecule has 0 aliphatic heterocycles. The SMILES string of the molecule is Cc1ccc([C@H](C)NCc2cn(CCCO)nn2)cc1. The van der Waals surface area contributed by atoms with Crippen LogP contribution in [-0.4, -0.2) is 26.7 Å². The van der Waals surface area contributed by atoms with Crippen LogP contribution in [0.5, 0.6) is 0 Å². The number of hydrogen-bond acceptors (Lipinski definition) is 4. The average molecular weight is 274 g/mol. The highest BCUT2D eigenvalue weighted by atomic mass is 16.3. The summed E-state index contributed by atoms with van der Waals surface area (Å²) >= 11 is 0. The van der Waals surface area contributed by atoms with E-state index in [1.54, 1.807) is 4.68 Å². The fourth-order valence-electron chi connectivity index (χ4n) is 1.99. The van der Waals surface area contributed by atoms with Crippen LogP contribution in [0, 0.1) is 6.92 Å². The summed E-state index contributed by atoms with van der Waals surface area (Å²) in [6.45, 7) is 5.80. The van der Waals surface area contributed by atoms with Crippen molar-refractivity contribution in [1.82, 2.24) is 20.3 Å². The highest BCUT2D eigenvalue weighted by molar-refractivity contribution is 5.23. The third-order valence-electron chi connectivity index (χ3n) is 3.30. The third-order valence-corrected chi connectivity index (χ3v) is 3.30. The van der Waals surface area contributed by atoms with Crippen molar-refractivity contribution in [1.29, 1.82) is 0 Å². The molecule has 2 N–H and O–H groups in total. The van der Waals surface area contributed by atoms with E-state index < -0.39 is 0 Å². The lowest BCUT2D eigenvalue weighted by Gasteiger charge is -2.13. The predicted molar refractivity (Wildman–Crippen MR) is 78.2 cm³/mol. The molecule has 1 aromatic heterocycles. The Bertz CT molecular complexity index is 521. The number of hydrogen-bond donors (Lipinski definition) is 2. The fraction of sp³-hybridized carbons (Fsp3) is 0.467. The Morgan fingerprint density at radius 1 is 1.30 bits per heavy atom. The van der Waals surface area contributed by atoms with Crippen molar-refractivity contribution < 1.29 is 5.11 Å². The van der Waals surface area contributed by atoms with E-state index in [0.717, 1.165) is 5.69 Å². The largest absolute Gasteiger partial charge is 0.396 e. The molecule has 0 aliphatic rings. The van der Waals surface area contributed by atoms with Gasteiger partial charge in [0.2, 0.25) is 0 Å². The van der Waals surface area contributed by atoms with Crippen LogP contribution in [0.25, 0.3) is 0 Å². The monoisotopic (exact) mass is 274 g/mol. The lowest BCUT2D eigenvalue weighted by molar-refractivity contribution is 0.276. The topological polar surface area (TPSA) is 63.0 Å². The van der Waals surface area contributed by atoms with E-state index in [4.69, 9.17) is 5.11 Å². The van der Waals surface area contributed by atoms with Crippen LogP contribution in [0.2, 0.25) is 0 Å². The summed E-state index contributed by atoms with van der Waals surface area (Å²) in [7, 11) is 0. The quantitative estimate of drug-likeness (QED) is 0.808. The Labute approximate surface area is 119 Å². The summed E-state index contributed by atoms with van der Waals surface area (Å²) in [5.41, 5.74) is 3.46. The van der Waals surface area contributed by atoms with Gasteiger partial charge in [-0.05, 0) is 25.8 Å². The molecule has 2 rings (SSSR count). The van der Waals surface area contributed by atoms with Crippen molar-refractivity contribution in [2.45, 2.75) is 39.4 Å². The lowest BCUT2D eigenvalue weighted by Crippen LogP contribution is -2.18. The number of nitrogens with zero attached hydrogens (tertiary/aromatic N) is 3. The van der Waals surface area contributed by atoms with Crippen molar-refractivity contribution in [3.8, 4) is 0 Å². The normalized spacial score (nSPS) is 12.6. The molecule has 0 fully saturated rings. The van der Waals surface area contributed by atoms with Crippen LogP contribution in [0.1, 0.15) is 36.2 Å². The van der Waals surface area contributed by atoms with Gasteiger partial charge in [-0.2, -0.15) is 0 Å². The molecule has 1 heterocycles.